The van der Waals surface area contributed by atoms with E-state index in [4.69, 9.17) is 0 Å². The third kappa shape index (κ3) is 3.62. The van der Waals surface area contributed by atoms with Crippen LogP contribution in [0.5, 0.6) is 0 Å². The molecule has 2 atom stereocenters. The molecule has 0 saturated carbocycles. The van der Waals surface area contributed by atoms with Gasteiger partial charge in [0.2, 0.25) is 0 Å². The van der Waals surface area contributed by atoms with Gasteiger partial charge in [-0.1, -0.05) is 121 Å². The van der Waals surface area contributed by atoms with Gasteiger partial charge in [0.05, 0.1) is 11.0 Å². The zero-order chi connectivity index (χ0) is 26.5. The highest BCUT2D eigenvalue weighted by molar-refractivity contribution is 6.09. The highest BCUT2D eigenvalue weighted by Gasteiger charge is 2.37. The van der Waals surface area contributed by atoms with E-state index >= 15 is 0 Å². The van der Waals surface area contributed by atoms with E-state index in [9.17, 15) is 0 Å². The van der Waals surface area contributed by atoms with Crippen molar-refractivity contribution in [3.05, 3.63) is 162 Å². The van der Waals surface area contributed by atoms with E-state index in [1.165, 1.54) is 68.2 Å². The predicted molar refractivity (Wildman–Crippen MR) is 168 cm³/mol. The summed E-state index contributed by atoms with van der Waals surface area (Å²) in [6, 6.07) is 44.9. The number of para-hydroxylation sites is 2. The summed E-state index contributed by atoms with van der Waals surface area (Å²) >= 11 is 0. The molecular weight excluding hydrogens is 482 g/mol. The third-order valence-electron chi connectivity index (χ3n) is 9.25. The lowest BCUT2D eigenvalue weighted by atomic mass is 9.63. The fourth-order valence-corrected chi connectivity index (χ4v) is 7.25. The maximum atomic E-state index is 2.44. The molecule has 0 radical (unpaired) electrons. The largest absolute Gasteiger partial charge is 0.309 e. The van der Waals surface area contributed by atoms with Crippen molar-refractivity contribution in [3.8, 4) is 16.8 Å². The Morgan fingerprint density at radius 1 is 0.600 bits per heavy atom. The Bertz CT molecular complexity index is 1860. The number of nitrogens with zero attached hydrogens (tertiary/aromatic N) is 1. The molecule has 192 valence electrons. The molecule has 5 aromatic carbocycles. The molecule has 1 nitrogen and oxygen atoms in total. The monoisotopic (exact) mass is 513 g/mol. The lowest BCUT2D eigenvalue weighted by molar-refractivity contribution is 0.422. The van der Waals surface area contributed by atoms with E-state index in [0.29, 0.717) is 5.92 Å². The minimum Gasteiger partial charge on any atom is -0.309 e. The number of hydrogen-bond donors (Lipinski definition) is 0. The molecule has 0 bridgehead atoms. The second kappa shape index (κ2) is 9.24. The van der Waals surface area contributed by atoms with Gasteiger partial charge in [0.15, 0.2) is 0 Å². The first-order valence-electron chi connectivity index (χ1n) is 14.4. The van der Waals surface area contributed by atoms with Gasteiger partial charge >= 0.3 is 0 Å². The van der Waals surface area contributed by atoms with Crippen molar-refractivity contribution >= 4 is 21.8 Å². The maximum absolute atomic E-state index is 2.44. The maximum Gasteiger partial charge on any atom is 0.0541 e. The molecule has 8 rings (SSSR count). The molecule has 2 unspecified atom stereocenters. The lowest BCUT2D eigenvalue weighted by Crippen LogP contribution is -2.31. The Labute approximate surface area is 235 Å². The Hall–Kier alpha value is -4.62. The summed E-state index contributed by atoms with van der Waals surface area (Å²) in [5, 5.41) is 2.59. The molecule has 40 heavy (non-hydrogen) atoms. The Balaban J connectivity index is 1.11. The summed E-state index contributed by atoms with van der Waals surface area (Å²) in [4.78, 5) is 0. The summed E-state index contributed by atoms with van der Waals surface area (Å²) in [5.41, 5.74) is 10.8. The summed E-state index contributed by atoms with van der Waals surface area (Å²) < 4.78 is 2.38. The standard InChI is InChI=1S/C39H31N/c1-8-25-39(26-9-1)27-24-32(33-10-2-5-13-36(33)39)30-18-16-28(17-19-30)29-20-22-31(23-21-29)40-37-14-6-3-11-34(37)35-12-4-7-15-38(35)40/h1-23,25,32H,24,26-27H2. The van der Waals surface area contributed by atoms with Crippen LogP contribution in [0.25, 0.3) is 38.6 Å². The van der Waals surface area contributed by atoms with E-state index in [2.05, 4.69) is 150 Å². The van der Waals surface area contributed by atoms with E-state index in [1.54, 1.807) is 0 Å². The van der Waals surface area contributed by atoms with Gasteiger partial charge in [0.1, 0.15) is 0 Å². The molecule has 1 spiro atoms. The summed E-state index contributed by atoms with van der Waals surface area (Å²) in [6.45, 7) is 0. The number of hydrogen-bond acceptors (Lipinski definition) is 0. The first-order valence-corrected chi connectivity index (χ1v) is 14.4. The van der Waals surface area contributed by atoms with Crippen LogP contribution < -0.4 is 0 Å². The van der Waals surface area contributed by atoms with Gasteiger partial charge in [-0.3, -0.25) is 0 Å². The average molecular weight is 514 g/mol. The van der Waals surface area contributed by atoms with Crippen LogP contribution in [-0.2, 0) is 5.41 Å². The normalized spacial score (nSPS) is 19.9. The highest BCUT2D eigenvalue weighted by atomic mass is 15.0. The second-order valence-electron chi connectivity index (χ2n) is 11.4. The zero-order valence-corrected chi connectivity index (χ0v) is 22.5. The van der Waals surface area contributed by atoms with Crippen LogP contribution in [0.2, 0.25) is 0 Å². The zero-order valence-electron chi connectivity index (χ0n) is 22.5. The molecule has 1 heterocycles. The van der Waals surface area contributed by atoms with Crippen molar-refractivity contribution in [3.63, 3.8) is 0 Å². The van der Waals surface area contributed by atoms with Gasteiger partial charge in [-0.15, -0.1) is 0 Å². The molecule has 0 aliphatic heterocycles. The predicted octanol–water partition coefficient (Wildman–Crippen LogP) is 10.1. The number of allylic oxidation sites excluding steroid dienone is 4. The smallest absolute Gasteiger partial charge is 0.0541 e. The van der Waals surface area contributed by atoms with Crippen LogP contribution in [0.3, 0.4) is 0 Å². The quantitative estimate of drug-likeness (QED) is 0.222. The molecule has 1 heteroatoms. The van der Waals surface area contributed by atoms with E-state index in [0.717, 1.165) is 6.42 Å². The van der Waals surface area contributed by atoms with Crippen molar-refractivity contribution in [2.45, 2.75) is 30.6 Å². The molecule has 0 N–H and O–H groups in total. The Kier molecular flexibility index (Phi) is 5.38. The lowest BCUT2D eigenvalue weighted by Gasteiger charge is -2.41. The fraction of sp³-hybridized carbons (Fsp3) is 0.128. The first-order chi connectivity index (χ1) is 19.8. The molecule has 2 aliphatic rings. The first kappa shape index (κ1) is 23.3. The SMILES string of the molecule is C1=CCC2(C=C1)CCC(c1ccc(-c3ccc(-n4c5ccccc5c5ccccc54)cc3)cc1)c1ccccc12. The van der Waals surface area contributed by atoms with E-state index < -0.39 is 0 Å². The summed E-state index contributed by atoms with van der Waals surface area (Å²) in [6.07, 6.45) is 12.7. The molecule has 1 aromatic heterocycles. The molecule has 0 fully saturated rings. The van der Waals surface area contributed by atoms with Crippen LogP contribution in [0, 0.1) is 0 Å². The third-order valence-corrected chi connectivity index (χ3v) is 9.25. The minimum atomic E-state index is 0.167. The van der Waals surface area contributed by atoms with Crippen molar-refractivity contribution in [2.24, 2.45) is 0 Å². The number of rotatable bonds is 3. The average Bonchev–Trinajstić information content (AvgIpc) is 3.37. The molecule has 2 aliphatic carbocycles. The van der Waals surface area contributed by atoms with Crippen molar-refractivity contribution in [2.75, 3.05) is 0 Å². The van der Waals surface area contributed by atoms with Gasteiger partial charge in [-0.05, 0) is 71.3 Å². The van der Waals surface area contributed by atoms with Gasteiger partial charge < -0.3 is 4.57 Å². The van der Waals surface area contributed by atoms with Crippen LogP contribution in [0.1, 0.15) is 41.9 Å². The fourth-order valence-electron chi connectivity index (χ4n) is 7.25. The number of aromatic nitrogens is 1. The molecule has 0 amide bonds. The number of benzene rings is 5. The van der Waals surface area contributed by atoms with E-state index in [1.807, 2.05) is 0 Å². The van der Waals surface area contributed by atoms with Crippen LogP contribution in [-0.4, -0.2) is 4.57 Å². The van der Waals surface area contributed by atoms with Crippen LogP contribution >= 0.6 is 0 Å². The van der Waals surface area contributed by atoms with Crippen molar-refractivity contribution < 1.29 is 0 Å². The Morgan fingerprint density at radius 2 is 1.23 bits per heavy atom. The molecule has 0 saturated heterocycles. The summed E-state index contributed by atoms with van der Waals surface area (Å²) in [7, 11) is 0. The highest BCUT2D eigenvalue weighted by Crippen LogP contribution is 2.49. The minimum absolute atomic E-state index is 0.167. The van der Waals surface area contributed by atoms with E-state index in [-0.39, 0.29) is 5.41 Å². The Morgan fingerprint density at radius 3 is 1.90 bits per heavy atom. The van der Waals surface area contributed by atoms with Gasteiger partial charge in [0, 0.05) is 27.8 Å². The molecule has 6 aromatic rings. The molecular formula is C39H31N. The summed E-state index contributed by atoms with van der Waals surface area (Å²) in [5.74, 6) is 0.452. The van der Waals surface area contributed by atoms with Crippen molar-refractivity contribution in [1.82, 2.24) is 4.57 Å². The van der Waals surface area contributed by atoms with Crippen molar-refractivity contribution in [1.29, 1.82) is 0 Å². The second-order valence-corrected chi connectivity index (χ2v) is 11.4. The van der Waals surface area contributed by atoms with Crippen LogP contribution in [0.4, 0.5) is 0 Å². The topological polar surface area (TPSA) is 4.93 Å². The van der Waals surface area contributed by atoms with Gasteiger partial charge in [-0.2, -0.15) is 0 Å². The number of fused-ring (bicyclic) bond motifs is 5. The van der Waals surface area contributed by atoms with Gasteiger partial charge in [-0.25, -0.2) is 0 Å². The van der Waals surface area contributed by atoms with Gasteiger partial charge in [0.25, 0.3) is 0 Å². The van der Waals surface area contributed by atoms with Crippen LogP contribution in [0.15, 0.2) is 146 Å².